The Morgan fingerprint density at radius 2 is 1.74 bits per heavy atom. The Morgan fingerprint density at radius 1 is 1.16 bits per heavy atom. The molecule has 0 aromatic heterocycles. The Hall–Kier alpha value is -1.44. The summed E-state index contributed by atoms with van der Waals surface area (Å²) in [6.07, 6.45) is 0. The number of sulfonamides is 1. The van der Waals surface area contributed by atoms with Crippen LogP contribution >= 0.6 is 0 Å². The lowest BCUT2D eigenvalue weighted by molar-refractivity contribution is 0.0997. The topological polar surface area (TPSA) is 83.7 Å². The van der Waals surface area contributed by atoms with Crippen LogP contribution in [0.4, 0.5) is 0 Å². The Bertz CT molecular complexity index is 578. The third-order valence-corrected chi connectivity index (χ3v) is 5.19. The van der Waals surface area contributed by atoms with Crippen LogP contribution in [-0.2, 0) is 10.0 Å². The number of hydrogen-bond donors (Lipinski definition) is 1. The highest BCUT2D eigenvalue weighted by molar-refractivity contribution is 7.89. The number of likely N-dealkylation sites (N-methyl/N-ethyl adjacent to an activating group) is 1. The van der Waals surface area contributed by atoms with Gasteiger partial charge >= 0.3 is 0 Å². The largest absolute Gasteiger partial charge is 0.366 e. The molecular weight excluding hydrogens is 266 g/mol. The van der Waals surface area contributed by atoms with Crippen molar-refractivity contribution in [3.63, 3.8) is 0 Å². The maximum absolute atomic E-state index is 12.5. The molecule has 0 bridgehead atoms. The average molecular weight is 283 g/mol. The molecule has 1 aliphatic rings. The second-order valence-corrected chi connectivity index (χ2v) is 6.47. The SMILES string of the molecule is CN1CCN(S(=O)(=O)c2ccccc2C(N)=O)CC1. The van der Waals surface area contributed by atoms with Gasteiger partial charge in [0.05, 0.1) is 10.5 Å². The molecule has 104 valence electrons. The fourth-order valence-corrected chi connectivity index (χ4v) is 3.68. The molecule has 1 saturated heterocycles. The fraction of sp³-hybridized carbons (Fsp3) is 0.417. The molecule has 2 rings (SSSR count). The number of carbonyl (C=O) groups is 1. The van der Waals surface area contributed by atoms with E-state index in [1.807, 2.05) is 7.05 Å². The van der Waals surface area contributed by atoms with Crippen LogP contribution in [0, 0.1) is 0 Å². The molecule has 2 N–H and O–H groups in total. The van der Waals surface area contributed by atoms with Crippen molar-refractivity contribution in [2.24, 2.45) is 5.73 Å². The second-order valence-electron chi connectivity index (χ2n) is 4.57. The maximum atomic E-state index is 12.5. The number of amides is 1. The van der Waals surface area contributed by atoms with Crippen LogP contribution in [0.2, 0.25) is 0 Å². The lowest BCUT2D eigenvalue weighted by atomic mass is 10.2. The van der Waals surface area contributed by atoms with Crippen molar-refractivity contribution in [2.45, 2.75) is 4.90 Å². The molecule has 1 fully saturated rings. The highest BCUT2D eigenvalue weighted by atomic mass is 32.2. The number of carbonyl (C=O) groups excluding carboxylic acids is 1. The summed E-state index contributed by atoms with van der Waals surface area (Å²) in [4.78, 5) is 13.4. The van der Waals surface area contributed by atoms with E-state index in [0.717, 1.165) is 0 Å². The quantitative estimate of drug-likeness (QED) is 0.827. The van der Waals surface area contributed by atoms with E-state index in [4.69, 9.17) is 5.73 Å². The molecule has 1 aromatic carbocycles. The molecular formula is C12H17N3O3S. The number of rotatable bonds is 3. The van der Waals surface area contributed by atoms with Gasteiger partial charge in [-0.25, -0.2) is 8.42 Å². The highest BCUT2D eigenvalue weighted by Gasteiger charge is 2.30. The van der Waals surface area contributed by atoms with E-state index in [1.54, 1.807) is 12.1 Å². The second kappa shape index (κ2) is 5.28. The van der Waals surface area contributed by atoms with Crippen molar-refractivity contribution in [1.82, 2.24) is 9.21 Å². The molecule has 0 aliphatic carbocycles. The monoisotopic (exact) mass is 283 g/mol. The molecule has 0 saturated carbocycles. The normalized spacial score (nSPS) is 18.4. The van der Waals surface area contributed by atoms with Crippen molar-refractivity contribution < 1.29 is 13.2 Å². The number of piperazine rings is 1. The molecule has 19 heavy (non-hydrogen) atoms. The van der Waals surface area contributed by atoms with Gasteiger partial charge in [-0.15, -0.1) is 0 Å². The Balaban J connectivity index is 2.37. The Morgan fingerprint density at radius 3 is 2.32 bits per heavy atom. The molecule has 1 amide bonds. The van der Waals surface area contributed by atoms with E-state index >= 15 is 0 Å². The molecule has 1 heterocycles. The summed E-state index contributed by atoms with van der Waals surface area (Å²) in [5.74, 6) is -0.728. The van der Waals surface area contributed by atoms with Crippen LogP contribution in [-0.4, -0.2) is 56.8 Å². The van der Waals surface area contributed by atoms with Gasteiger partial charge < -0.3 is 10.6 Å². The lowest BCUT2D eigenvalue weighted by Gasteiger charge is -2.31. The first-order valence-corrected chi connectivity index (χ1v) is 7.44. The van der Waals surface area contributed by atoms with Crippen LogP contribution in [0.15, 0.2) is 29.2 Å². The van der Waals surface area contributed by atoms with Crippen molar-refractivity contribution in [3.8, 4) is 0 Å². The van der Waals surface area contributed by atoms with E-state index in [2.05, 4.69) is 4.90 Å². The minimum atomic E-state index is -3.66. The number of nitrogens with zero attached hydrogens (tertiary/aromatic N) is 2. The van der Waals surface area contributed by atoms with Gasteiger partial charge in [-0.3, -0.25) is 4.79 Å². The first kappa shape index (κ1) is 14.0. The van der Waals surface area contributed by atoms with E-state index in [-0.39, 0.29) is 10.5 Å². The summed E-state index contributed by atoms with van der Waals surface area (Å²) in [6, 6.07) is 6.05. The van der Waals surface area contributed by atoms with E-state index in [9.17, 15) is 13.2 Å². The zero-order valence-electron chi connectivity index (χ0n) is 10.7. The number of hydrogen-bond acceptors (Lipinski definition) is 4. The first-order valence-electron chi connectivity index (χ1n) is 6.00. The summed E-state index contributed by atoms with van der Waals surface area (Å²) < 4.78 is 26.4. The molecule has 0 unspecified atom stereocenters. The summed E-state index contributed by atoms with van der Waals surface area (Å²) in [7, 11) is -1.71. The summed E-state index contributed by atoms with van der Waals surface area (Å²) in [5, 5.41) is 0. The first-order chi connectivity index (χ1) is 8.93. The third-order valence-electron chi connectivity index (χ3n) is 3.23. The van der Waals surface area contributed by atoms with Crippen LogP contribution in [0.25, 0.3) is 0 Å². The van der Waals surface area contributed by atoms with Crippen molar-refractivity contribution >= 4 is 15.9 Å². The summed E-state index contributed by atoms with van der Waals surface area (Å²) in [6.45, 7) is 2.20. The lowest BCUT2D eigenvalue weighted by Crippen LogP contribution is -2.47. The van der Waals surface area contributed by atoms with Gasteiger partial charge in [0.25, 0.3) is 0 Å². The van der Waals surface area contributed by atoms with Gasteiger partial charge in [0.15, 0.2) is 0 Å². The minimum Gasteiger partial charge on any atom is -0.366 e. The van der Waals surface area contributed by atoms with Crippen molar-refractivity contribution in [3.05, 3.63) is 29.8 Å². The third kappa shape index (κ3) is 2.78. The van der Waals surface area contributed by atoms with Gasteiger partial charge in [0.1, 0.15) is 0 Å². The molecule has 0 spiro atoms. The van der Waals surface area contributed by atoms with Crippen molar-refractivity contribution in [1.29, 1.82) is 0 Å². The Labute approximate surface area is 112 Å². The van der Waals surface area contributed by atoms with E-state index < -0.39 is 15.9 Å². The van der Waals surface area contributed by atoms with Gasteiger partial charge in [0, 0.05) is 26.2 Å². The average Bonchev–Trinajstić information content (AvgIpc) is 2.39. The van der Waals surface area contributed by atoms with Gasteiger partial charge in [-0.1, -0.05) is 12.1 Å². The smallest absolute Gasteiger partial charge is 0.250 e. The van der Waals surface area contributed by atoms with Gasteiger partial charge in [0.2, 0.25) is 15.9 Å². The molecule has 1 aliphatic heterocycles. The number of benzene rings is 1. The standard InChI is InChI=1S/C12H17N3O3S/c1-14-6-8-15(9-7-14)19(17,18)11-5-3-2-4-10(11)12(13)16/h2-5H,6-9H2,1H3,(H2,13,16). The molecule has 7 heteroatoms. The molecule has 1 aromatic rings. The summed E-state index contributed by atoms with van der Waals surface area (Å²) >= 11 is 0. The Kier molecular flexibility index (Phi) is 3.88. The van der Waals surface area contributed by atoms with Crippen LogP contribution in [0.1, 0.15) is 10.4 Å². The zero-order chi connectivity index (χ0) is 14.0. The van der Waals surface area contributed by atoms with Gasteiger partial charge in [-0.05, 0) is 19.2 Å². The van der Waals surface area contributed by atoms with Crippen LogP contribution in [0.3, 0.4) is 0 Å². The molecule has 0 radical (unpaired) electrons. The highest BCUT2D eigenvalue weighted by Crippen LogP contribution is 2.20. The summed E-state index contributed by atoms with van der Waals surface area (Å²) in [5.41, 5.74) is 5.28. The zero-order valence-corrected chi connectivity index (χ0v) is 11.6. The van der Waals surface area contributed by atoms with Crippen molar-refractivity contribution in [2.75, 3.05) is 33.2 Å². The predicted molar refractivity (Wildman–Crippen MR) is 71.2 cm³/mol. The predicted octanol–water partition coefficient (Wildman–Crippen LogP) is -0.278. The van der Waals surface area contributed by atoms with Crippen LogP contribution < -0.4 is 5.73 Å². The van der Waals surface area contributed by atoms with E-state index in [0.29, 0.717) is 26.2 Å². The number of primary amides is 1. The maximum Gasteiger partial charge on any atom is 0.250 e. The number of nitrogens with two attached hydrogens (primary N) is 1. The minimum absolute atomic E-state index is 0.00736. The van der Waals surface area contributed by atoms with Crippen LogP contribution in [0.5, 0.6) is 0 Å². The van der Waals surface area contributed by atoms with Gasteiger partial charge in [-0.2, -0.15) is 4.31 Å². The fourth-order valence-electron chi connectivity index (χ4n) is 2.06. The van der Waals surface area contributed by atoms with E-state index in [1.165, 1.54) is 16.4 Å². The molecule has 6 nitrogen and oxygen atoms in total. The molecule has 0 atom stereocenters.